The first kappa shape index (κ1) is 22.6. The minimum atomic E-state index is -0.0171. The van der Waals surface area contributed by atoms with Gasteiger partial charge in [-0.1, -0.05) is 17.7 Å². The Labute approximate surface area is 195 Å². The second-order valence-corrected chi connectivity index (χ2v) is 8.62. The van der Waals surface area contributed by atoms with Gasteiger partial charge in [0.1, 0.15) is 0 Å². The van der Waals surface area contributed by atoms with Crippen molar-refractivity contribution in [2.75, 3.05) is 42.9 Å². The third kappa shape index (κ3) is 5.24. The molecular weight excluding hydrogens is 412 g/mol. The van der Waals surface area contributed by atoms with E-state index in [2.05, 4.69) is 45.3 Å². The van der Waals surface area contributed by atoms with Gasteiger partial charge in [0.15, 0.2) is 0 Å². The van der Waals surface area contributed by atoms with Crippen molar-refractivity contribution in [1.29, 1.82) is 5.26 Å². The fraction of sp³-hybridized carbons (Fsp3) is 0.346. The first-order chi connectivity index (χ1) is 15.9. The van der Waals surface area contributed by atoms with Crippen molar-refractivity contribution in [3.8, 4) is 11.8 Å². The van der Waals surface area contributed by atoms with Crippen molar-refractivity contribution < 1.29 is 4.79 Å². The highest BCUT2D eigenvalue weighted by molar-refractivity contribution is 5.93. The van der Waals surface area contributed by atoms with Crippen LogP contribution in [0.4, 0.5) is 11.4 Å². The van der Waals surface area contributed by atoms with Gasteiger partial charge in [-0.05, 0) is 63.6 Å². The van der Waals surface area contributed by atoms with Crippen LogP contribution in [0.5, 0.6) is 0 Å². The molecule has 1 aliphatic rings. The maximum absolute atomic E-state index is 12.9. The third-order valence-corrected chi connectivity index (χ3v) is 6.15. The van der Waals surface area contributed by atoms with Crippen LogP contribution in [0.3, 0.4) is 0 Å². The van der Waals surface area contributed by atoms with Gasteiger partial charge >= 0.3 is 0 Å². The van der Waals surface area contributed by atoms with Gasteiger partial charge in [0, 0.05) is 31.9 Å². The molecule has 0 radical (unpaired) electrons. The van der Waals surface area contributed by atoms with Crippen LogP contribution in [0, 0.1) is 32.1 Å². The van der Waals surface area contributed by atoms with Gasteiger partial charge < -0.3 is 10.2 Å². The predicted molar refractivity (Wildman–Crippen MR) is 131 cm³/mol. The Kier molecular flexibility index (Phi) is 6.76. The monoisotopic (exact) mass is 442 g/mol. The van der Waals surface area contributed by atoms with E-state index in [1.165, 1.54) is 5.56 Å². The van der Waals surface area contributed by atoms with Crippen LogP contribution in [0.25, 0.3) is 5.69 Å². The van der Waals surface area contributed by atoms with E-state index in [0.717, 1.165) is 61.0 Å². The summed E-state index contributed by atoms with van der Waals surface area (Å²) in [6.45, 7) is 9.80. The van der Waals surface area contributed by atoms with Crippen molar-refractivity contribution in [3.63, 3.8) is 0 Å². The predicted octanol–water partition coefficient (Wildman–Crippen LogP) is 3.82. The summed E-state index contributed by atoms with van der Waals surface area (Å²) in [5.41, 5.74) is 6.49. The normalized spacial score (nSPS) is 14.5. The molecule has 170 valence electrons. The van der Waals surface area contributed by atoms with Crippen molar-refractivity contribution >= 4 is 17.3 Å². The average molecular weight is 443 g/mol. The molecule has 7 heteroatoms. The van der Waals surface area contributed by atoms with E-state index in [0.29, 0.717) is 12.1 Å². The van der Waals surface area contributed by atoms with Gasteiger partial charge in [-0.3, -0.25) is 9.69 Å². The zero-order valence-corrected chi connectivity index (χ0v) is 19.5. The maximum Gasteiger partial charge on any atom is 0.238 e. The van der Waals surface area contributed by atoms with Crippen LogP contribution in [-0.4, -0.2) is 53.3 Å². The highest BCUT2D eigenvalue weighted by Gasteiger charge is 2.20. The number of rotatable bonds is 5. The zero-order chi connectivity index (χ0) is 23.4. The quantitative estimate of drug-likeness (QED) is 0.650. The second kappa shape index (κ2) is 9.88. The van der Waals surface area contributed by atoms with Crippen molar-refractivity contribution in [2.24, 2.45) is 0 Å². The lowest BCUT2D eigenvalue weighted by Crippen LogP contribution is -2.36. The van der Waals surface area contributed by atoms with Crippen LogP contribution in [-0.2, 0) is 4.79 Å². The molecule has 3 aromatic rings. The summed E-state index contributed by atoms with van der Waals surface area (Å²) in [4.78, 5) is 17.4. The van der Waals surface area contributed by atoms with Crippen LogP contribution < -0.4 is 10.2 Å². The molecule has 0 spiro atoms. The van der Waals surface area contributed by atoms with Gasteiger partial charge in [0.25, 0.3) is 0 Å². The van der Waals surface area contributed by atoms with Crippen LogP contribution in [0.15, 0.2) is 48.5 Å². The smallest absolute Gasteiger partial charge is 0.238 e. The molecule has 33 heavy (non-hydrogen) atoms. The van der Waals surface area contributed by atoms with E-state index >= 15 is 0 Å². The van der Waals surface area contributed by atoms with E-state index < -0.39 is 0 Å². The maximum atomic E-state index is 12.9. The number of aryl methyl sites for hydroxylation is 2. The van der Waals surface area contributed by atoms with E-state index in [1.54, 1.807) is 0 Å². The number of aromatic nitrogens is 2. The molecule has 0 unspecified atom stereocenters. The summed E-state index contributed by atoms with van der Waals surface area (Å²) in [5, 5.41) is 16.7. The van der Waals surface area contributed by atoms with E-state index in [-0.39, 0.29) is 5.91 Å². The first-order valence-corrected chi connectivity index (χ1v) is 11.3. The number of amides is 1. The molecular formula is C26H30N6O. The Morgan fingerprint density at radius 3 is 2.36 bits per heavy atom. The highest BCUT2D eigenvalue weighted by Crippen LogP contribution is 2.23. The molecule has 7 nitrogen and oxygen atoms in total. The van der Waals surface area contributed by atoms with Crippen LogP contribution >= 0.6 is 0 Å². The number of anilines is 2. The number of hydrogen-bond donors (Lipinski definition) is 1. The van der Waals surface area contributed by atoms with Crippen molar-refractivity contribution in [1.82, 2.24) is 14.7 Å². The molecule has 2 aromatic carbocycles. The number of nitrogens with one attached hydrogen (secondary N) is 1. The zero-order valence-electron chi connectivity index (χ0n) is 19.5. The fourth-order valence-electron chi connectivity index (χ4n) is 4.28. The summed E-state index contributed by atoms with van der Waals surface area (Å²) < 4.78 is 1.88. The summed E-state index contributed by atoms with van der Waals surface area (Å²) in [6, 6.07) is 18.1. The van der Waals surface area contributed by atoms with E-state index in [4.69, 9.17) is 5.26 Å². The number of carbonyl (C=O) groups excluding carboxylic acids is 1. The van der Waals surface area contributed by atoms with E-state index in [1.807, 2.05) is 54.9 Å². The lowest BCUT2D eigenvalue weighted by Gasteiger charge is -2.23. The molecule has 1 aliphatic heterocycles. The number of benzene rings is 2. The third-order valence-electron chi connectivity index (χ3n) is 6.15. The van der Waals surface area contributed by atoms with Crippen LogP contribution in [0.1, 0.15) is 28.9 Å². The Bertz CT molecular complexity index is 1160. The number of carbonyl (C=O) groups is 1. The molecule has 0 saturated carbocycles. The molecule has 1 saturated heterocycles. The molecule has 0 atom stereocenters. The van der Waals surface area contributed by atoms with Gasteiger partial charge in [-0.2, -0.15) is 10.4 Å². The number of hydrogen-bond acceptors (Lipinski definition) is 5. The van der Waals surface area contributed by atoms with E-state index in [9.17, 15) is 4.79 Å². The lowest BCUT2D eigenvalue weighted by molar-refractivity contribution is -0.117. The number of nitriles is 1. The van der Waals surface area contributed by atoms with Crippen molar-refractivity contribution in [3.05, 3.63) is 71.0 Å². The van der Waals surface area contributed by atoms with Crippen molar-refractivity contribution in [2.45, 2.75) is 27.2 Å². The molecule has 0 bridgehead atoms. The Morgan fingerprint density at radius 1 is 0.970 bits per heavy atom. The topological polar surface area (TPSA) is 77.2 Å². The van der Waals surface area contributed by atoms with Gasteiger partial charge in [0.05, 0.1) is 40.9 Å². The molecule has 0 aliphatic carbocycles. The second-order valence-electron chi connectivity index (χ2n) is 8.62. The fourth-order valence-corrected chi connectivity index (χ4v) is 4.28. The summed E-state index contributed by atoms with van der Waals surface area (Å²) in [6.07, 6.45) is 0.983. The summed E-state index contributed by atoms with van der Waals surface area (Å²) in [7, 11) is 0. The minimum absolute atomic E-state index is 0.0171. The van der Waals surface area contributed by atoms with Gasteiger partial charge in [-0.15, -0.1) is 0 Å². The molecule has 1 N–H and O–H groups in total. The molecule has 4 rings (SSSR count). The van der Waals surface area contributed by atoms with Gasteiger partial charge in [-0.25, -0.2) is 4.68 Å². The standard InChI is InChI=1S/C26H30N6O/c1-19-5-9-24(10-6-19)32-21(3)26(20(2)29-32)28-25(33)18-30-13-4-14-31(16-15-30)23-11-7-22(17-27)8-12-23/h5-12H,4,13-16,18H2,1-3H3,(H,28,33). The lowest BCUT2D eigenvalue weighted by atomic mass is 10.2. The summed E-state index contributed by atoms with van der Waals surface area (Å²) >= 11 is 0. The molecule has 1 amide bonds. The Balaban J connectivity index is 1.37. The Hall–Kier alpha value is -3.63. The molecule has 1 fully saturated rings. The first-order valence-electron chi connectivity index (χ1n) is 11.3. The number of nitrogens with zero attached hydrogens (tertiary/aromatic N) is 5. The molecule has 2 heterocycles. The summed E-state index contributed by atoms with van der Waals surface area (Å²) in [5.74, 6) is -0.0171. The molecule has 1 aromatic heterocycles. The largest absolute Gasteiger partial charge is 0.370 e. The Morgan fingerprint density at radius 2 is 1.67 bits per heavy atom. The van der Waals surface area contributed by atoms with Crippen LogP contribution in [0.2, 0.25) is 0 Å². The average Bonchev–Trinajstić information content (AvgIpc) is 2.97. The SMILES string of the molecule is Cc1ccc(-n2nc(C)c(NC(=O)CN3CCCN(c4ccc(C#N)cc4)CC3)c2C)cc1. The van der Waals surface area contributed by atoms with Gasteiger partial charge in [0.2, 0.25) is 5.91 Å². The minimum Gasteiger partial charge on any atom is -0.370 e. The highest BCUT2D eigenvalue weighted by atomic mass is 16.2.